The lowest BCUT2D eigenvalue weighted by Gasteiger charge is -2.00. The van der Waals surface area contributed by atoms with Crippen LogP contribution in [0, 0.1) is 0 Å². The molecule has 0 aromatic rings. The van der Waals surface area contributed by atoms with Crippen LogP contribution in [-0.4, -0.2) is 19.1 Å². The zero-order chi connectivity index (χ0) is 5.86. The van der Waals surface area contributed by atoms with Gasteiger partial charge in [0.1, 0.15) is 6.67 Å². The molecule has 7 heavy (non-hydrogen) atoms. The minimum Gasteiger partial charge on any atom is -0.299 e. The van der Waals surface area contributed by atoms with E-state index in [-0.39, 0.29) is 0 Å². The van der Waals surface area contributed by atoms with Crippen molar-refractivity contribution in [1.82, 2.24) is 0 Å². The Bertz CT molecular complexity index is 47.4. The van der Waals surface area contributed by atoms with E-state index in [1.807, 2.05) is 0 Å². The molecular formula is C3H6F3N. The molecule has 0 aromatic carbocycles. The van der Waals surface area contributed by atoms with E-state index in [4.69, 9.17) is 0 Å². The van der Waals surface area contributed by atoms with Gasteiger partial charge in [0.05, 0.1) is 0 Å². The van der Waals surface area contributed by atoms with Crippen LogP contribution in [-0.2, 0) is 0 Å². The van der Waals surface area contributed by atoms with Gasteiger partial charge in [0.15, 0.2) is 12.5 Å². The SMILES string of the molecule is NC(F)C(F)CF. The molecule has 0 rings (SSSR count). The Morgan fingerprint density at radius 1 is 1.43 bits per heavy atom. The smallest absolute Gasteiger partial charge is 0.182 e. The average Bonchev–Trinajstić information content (AvgIpc) is 1.65. The predicted octanol–water partition coefficient (Wildman–Crippen LogP) is 0.548. The Balaban J connectivity index is 3.14. The molecule has 0 aromatic heterocycles. The van der Waals surface area contributed by atoms with Gasteiger partial charge in [-0.3, -0.25) is 5.73 Å². The van der Waals surface area contributed by atoms with E-state index in [1.54, 1.807) is 0 Å². The molecule has 1 nitrogen and oxygen atoms in total. The van der Waals surface area contributed by atoms with Crippen LogP contribution in [0.2, 0.25) is 0 Å². The molecule has 4 heteroatoms. The van der Waals surface area contributed by atoms with E-state index in [2.05, 4.69) is 5.73 Å². The highest BCUT2D eigenvalue weighted by atomic mass is 19.2. The third-order valence-corrected chi connectivity index (χ3v) is 0.493. The van der Waals surface area contributed by atoms with Gasteiger partial charge in [-0.05, 0) is 0 Å². The van der Waals surface area contributed by atoms with Crippen LogP contribution in [0.4, 0.5) is 13.2 Å². The van der Waals surface area contributed by atoms with Crippen molar-refractivity contribution in [2.75, 3.05) is 6.67 Å². The lowest BCUT2D eigenvalue weighted by molar-refractivity contribution is 0.142. The van der Waals surface area contributed by atoms with Crippen molar-refractivity contribution < 1.29 is 13.2 Å². The molecule has 0 radical (unpaired) electrons. The predicted molar refractivity (Wildman–Crippen MR) is 20.0 cm³/mol. The molecular weight excluding hydrogens is 107 g/mol. The first-order valence-corrected chi connectivity index (χ1v) is 1.78. The van der Waals surface area contributed by atoms with Gasteiger partial charge in [0.25, 0.3) is 0 Å². The molecule has 2 N–H and O–H groups in total. The van der Waals surface area contributed by atoms with Gasteiger partial charge >= 0.3 is 0 Å². The first-order chi connectivity index (χ1) is 3.18. The van der Waals surface area contributed by atoms with Crippen LogP contribution >= 0.6 is 0 Å². The molecule has 2 unspecified atom stereocenters. The van der Waals surface area contributed by atoms with E-state index in [0.717, 1.165) is 0 Å². The molecule has 0 aliphatic carbocycles. The van der Waals surface area contributed by atoms with Crippen LogP contribution in [0.3, 0.4) is 0 Å². The molecule has 0 fully saturated rings. The molecule has 0 saturated heterocycles. The van der Waals surface area contributed by atoms with Crippen molar-refractivity contribution in [2.45, 2.75) is 12.5 Å². The summed E-state index contributed by atoms with van der Waals surface area (Å²) < 4.78 is 33.6. The zero-order valence-electron chi connectivity index (χ0n) is 3.57. The standard InChI is InChI=1S/C3H6F3N/c4-1-2(5)3(6)7/h2-3H,1,7H2. The van der Waals surface area contributed by atoms with Gasteiger partial charge in [0, 0.05) is 0 Å². The Morgan fingerprint density at radius 3 is 1.86 bits per heavy atom. The Morgan fingerprint density at radius 2 is 1.86 bits per heavy atom. The van der Waals surface area contributed by atoms with Gasteiger partial charge in [0.2, 0.25) is 0 Å². The van der Waals surface area contributed by atoms with Gasteiger partial charge in [-0.1, -0.05) is 0 Å². The van der Waals surface area contributed by atoms with Gasteiger partial charge in [-0.2, -0.15) is 0 Å². The van der Waals surface area contributed by atoms with Gasteiger partial charge in [-0.25, -0.2) is 13.2 Å². The fraction of sp³-hybridized carbons (Fsp3) is 1.00. The van der Waals surface area contributed by atoms with Crippen LogP contribution in [0.1, 0.15) is 0 Å². The summed E-state index contributed by atoms with van der Waals surface area (Å²) in [5, 5.41) is 0. The number of rotatable bonds is 2. The molecule has 0 spiro atoms. The van der Waals surface area contributed by atoms with E-state index < -0.39 is 19.1 Å². The Kier molecular flexibility index (Phi) is 2.75. The first kappa shape index (κ1) is 6.75. The second-order valence-corrected chi connectivity index (χ2v) is 1.11. The largest absolute Gasteiger partial charge is 0.299 e. The molecule has 0 aliphatic rings. The van der Waals surface area contributed by atoms with E-state index in [1.165, 1.54) is 0 Å². The number of halogens is 3. The highest BCUT2D eigenvalue weighted by Gasteiger charge is 2.13. The van der Waals surface area contributed by atoms with Gasteiger partial charge in [-0.15, -0.1) is 0 Å². The molecule has 0 amide bonds. The van der Waals surface area contributed by atoms with Crippen LogP contribution in [0.5, 0.6) is 0 Å². The van der Waals surface area contributed by atoms with Crippen molar-refractivity contribution in [2.24, 2.45) is 5.73 Å². The first-order valence-electron chi connectivity index (χ1n) is 1.78. The summed E-state index contributed by atoms with van der Waals surface area (Å²) >= 11 is 0. The number of nitrogens with two attached hydrogens (primary N) is 1. The molecule has 44 valence electrons. The summed E-state index contributed by atoms with van der Waals surface area (Å²) in [5.74, 6) is 0. The fourth-order valence-corrected chi connectivity index (χ4v) is 0.0851. The van der Waals surface area contributed by atoms with Gasteiger partial charge < -0.3 is 0 Å². The maximum absolute atomic E-state index is 11.4. The molecule has 0 bridgehead atoms. The minimum atomic E-state index is -2.18. The highest BCUT2D eigenvalue weighted by Crippen LogP contribution is 1.96. The quantitative estimate of drug-likeness (QED) is 0.520. The van der Waals surface area contributed by atoms with Crippen LogP contribution < -0.4 is 5.73 Å². The fourth-order valence-electron chi connectivity index (χ4n) is 0.0851. The Hall–Kier alpha value is -0.250. The summed E-state index contributed by atoms with van der Waals surface area (Å²) in [7, 11) is 0. The second kappa shape index (κ2) is 2.85. The average molecular weight is 113 g/mol. The molecule has 0 heterocycles. The summed E-state index contributed by atoms with van der Waals surface area (Å²) in [6.07, 6.45) is -4.33. The normalized spacial score (nSPS) is 18.9. The summed E-state index contributed by atoms with van der Waals surface area (Å²) in [6.45, 7) is -1.35. The van der Waals surface area contributed by atoms with Crippen LogP contribution in [0.15, 0.2) is 0 Å². The molecule has 2 atom stereocenters. The maximum atomic E-state index is 11.4. The second-order valence-electron chi connectivity index (χ2n) is 1.11. The van der Waals surface area contributed by atoms with E-state index >= 15 is 0 Å². The number of hydrogen-bond acceptors (Lipinski definition) is 1. The zero-order valence-corrected chi connectivity index (χ0v) is 3.57. The van der Waals surface area contributed by atoms with E-state index in [0.29, 0.717) is 0 Å². The van der Waals surface area contributed by atoms with Crippen molar-refractivity contribution in [1.29, 1.82) is 0 Å². The highest BCUT2D eigenvalue weighted by molar-refractivity contribution is 4.57. The van der Waals surface area contributed by atoms with Crippen molar-refractivity contribution in [3.8, 4) is 0 Å². The maximum Gasteiger partial charge on any atom is 0.182 e. The molecule has 0 saturated carbocycles. The van der Waals surface area contributed by atoms with Crippen LogP contribution in [0.25, 0.3) is 0 Å². The third-order valence-electron chi connectivity index (χ3n) is 0.493. The topological polar surface area (TPSA) is 26.0 Å². The van der Waals surface area contributed by atoms with Crippen molar-refractivity contribution in [3.05, 3.63) is 0 Å². The summed E-state index contributed by atoms with van der Waals surface area (Å²) in [4.78, 5) is 0. The molecule has 0 aliphatic heterocycles. The van der Waals surface area contributed by atoms with E-state index in [9.17, 15) is 13.2 Å². The number of alkyl halides is 3. The number of hydrogen-bond donors (Lipinski definition) is 1. The van der Waals surface area contributed by atoms with Crippen molar-refractivity contribution in [3.63, 3.8) is 0 Å². The summed E-state index contributed by atoms with van der Waals surface area (Å²) in [5.41, 5.74) is 4.26. The minimum absolute atomic E-state index is 1.35. The third kappa shape index (κ3) is 2.45. The van der Waals surface area contributed by atoms with Crippen molar-refractivity contribution >= 4 is 0 Å². The lowest BCUT2D eigenvalue weighted by Crippen LogP contribution is -2.27. The Labute approximate surface area is 39.3 Å². The lowest BCUT2D eigenvalue weighted by atomic mass is 10.4. The monoisotopic (exact) mass is 113 g/mol. The summed E-state index contributed by atoms with van der Waals surface area (Å²) in [6, 6.07) is 0.